The van der Waals surface area contributed by atoms with Gasteiger partial charge in [0.25, 0.3) is 0 Å². The van der Waals surface area contributed by atoms with Gasteiger partial charge in [-0.05, 0) is 0 Å². The molecular weight excluding hydrogens is 84.0 g/mol. The summed E-state index contributed by atoms with van der Waals surface area (Å²) >= 11 is 0. The van der Waals surface area contributed by atoms with Crippen molar-refractivity contribution in [3.05, 3.63) is 16.7 Å². The topological polar surface area (TPSA) is 66.9 Å². The number of nitriles is 1. The zero-order valence-electron chi connectivity index (χ0n) is 2.71. The molecule has 0 N–H and O–H groups in total. The quantitative estimate of drug-likeness (QED) is 0.251. The summed E-state index contributed by atoms with van der Waals surface area (Å²) in [6, 6.07) is 1.12. The minimum Gasteiger partial charge on any atom is -0.262 e. The van der Waals surface area contributed by atoms with Crippen molar-refractivity contribution < 1.29 is 4.92 Å². The Morgan fingerprint density at radius 1 is 1.83 bits per heavy atom. The molecule has 0 rings (SSSR count). The van der Waals surface area contributed by atoms with Crippen LogP contribution in [0.5, 0.6) is 0 Å². The van der Waals surface area contributed by atoms with Crippen LogP contribution in [0.15, 0.2) is 0 Å². The predicted octanol–water partition coefficient (Wildman–Crippen LogP) is -0.175. The summed E-state index contributed by atoms with van der Waals surface area (Å²) in [7, 11) is 0. The lowest BCUT2D eigenvalue weighted by atomic mass is 10.8. The first-order valence-corrected chi connectivity index (χ1v) is 1.06. The van der Waals surface area contributed by atoms with E-state index in [4.69, 9.17) is 15.4 Å². The largest absolute Gasteiger partial charge is 0.487 e. The lowest BCUT2D eigenvalue weighted by Crippen LogP contribution is -1.87. The summed E-state index contributed by atoms with van der Waals surface area (Å²) < 4.78 is 0. The molecule has 0 heterocycles. The van der Waals surface area contributed by atoms with Gasteiger partial charge in [0, 0.05) is 0 Å². The molecular formula is C2N2O2. The van der Waals surface area contributed by atoms with E-state index >= 15 is 0 Å². The molecule has 30 valence electrons. The van der Waals surface area contributed by atoms with Crippen molar-refractivity contribution in [3.8, 4) is 6.07 Å². The Labute approximate surface area is 34.1 Å². The monoisotopic (exact) mass is 84.0 g/mol. The molecule has 0 aromatic carbocycles. The number of rotatable bonds is 1. The molecule has 0 spiro atoms. The summed E-state index contributed by atoms with van der Waals surface area (Å²) in [6.45, 7) is 1.24. The Hall–Kier alpha value is -1.11. The molecule has 2 radical (unpaired) electrons. The van der Waals surface area contributed by atoms with Gasteiger partial charge in [-0.15, -0.1) is 0 Å². The van der Waals surface area contributed by atoms with Crippen LogP contribution >= 0.6 is 0 Å². The van der Waals surface area contributed by atoms with Gasteiger partial charge in [0.1, 0.15) is 0 Å². The average molecular weight is 84.0 g/mol. The third kappa shape index (κ3) is 2.89. The van der Waals surface area contributed by atoms with Gasteiger partial charge in [0.05, 0.1) is 4.92 Å². The highest BCUT2D eigenvalue weighted by atomic mass is 16.6. The van der Waals surface area contributed by atoms with E-state index in [9.17, 15) is 0 Å². The van der Waals surface area contributed by atoms with E-state index in [-0.39, 0.29) is 0 Å². The molecule has 6 heavy (non-hydrogen) atoms. The molecule has 4 nitrogen and oxygen atoms in total. The van der Waals surface area contributed by atoms with Gasteiger partial charge in [-0.25, -0.2) is 0 Å². The highest BCUT2D eigenvalue weighted by Crippen LogP contribution is 1.68. The molecule has 4 heteroatoms. The lowest BCUT2D eigenvalue weighted by molar-refractivity contribution is -0.426. The Kier molecular flexibility index (Phi) is 1.75. The second kappa shape index (κ2) is 2.15. The van der Waals surface area contributed by atoms with E-state index in [1.165, 1.54) is 6.54 Å². The molecule has 0 atom stereocenters. The Morgan fingerprint density at radius 2 is 2.33 bits per heavy atom. The van der Waals surface area contributed by atoms with Gasteiger partial charge in [-0.1, -0.05) is 0 Å². The summed E-state index contributed by atoms with van der Waals surface area (Å²) in [5, 5.41) is 16.5. The first-order chi connectivity index (χ1) is 2.77. The molecule has 0 amide bonds. The summed E-state index contributed by atoms with van der Waals surface area (Å²) in [6.07, 6.45) is 0. The molecule has 0 saturated heterocycles. The normalized spacial score (nSPS) is 6.50. The van der Waals surface area contributed by atoms with E-state index in [0.29, 0.717) is 0 Å². The van der Waals surface area contributed by atoms with E-state index in [2.05, 4.69) is 0 Å². The van der Waals surface area contributed by atoms with Crippen molar-refractivity contribution in [2.75, 3.05) is 0 Å². The molecule has 0 fully saturated rings. The fourth-order valence-corrected chi connectivity index (χ4v) is 0.0408. The number of hydrogen-bond acceptors (Lipinski definition) is 3. The lowest BCUT2D eigenvalue weighted by Gasteiger charge is -1.66. The minimum atomic E-state index is -0.931. The average Bonchev–Trinajstić information content (AvgIpc) is 1.35. The van der Waals surface area contributed by atoms with Crippen LogP contribution in [-0.2, 0) is 0 Å². The van der Waals surface area contributed by atoms with Gasteiger partial charge in [-0.2, -0.15) is 5.26 Å². The molecule has 0 aliphatic heterocycles. The first-order valence-electron chi connectivity index (χ1n) is 1.06. The zero-order valence-corrected chi connectivity index (χ0v) is 2.71. The van der Waals surface area contributed by atoms with Gasteiger partial charge >= 0.3 is 6.54 Å². The van der Waals surface area contributed by atoms with Gasteiger partial charge in [-0.3, -0.25) is 10.1 Å². The van der Waals surface area contributed by atoms with Crippen molar-refractivity contribution in [1.82, 2.24) is 0 Å². The first kappa shape index (κ1) is 4.89. The van der Waals surface area contributed by atoms with Crippen LogP contribution in [-0.4, -0.2) is 4.92 Å². The van der Waals surface area contributed by atoms with Crippen LogP contribution in [0.3, 0.4) is 0 Å². The van der Waals surface area contributed by atoms with E-state index < -0.39 is 4.92 Å². The van der Waals surface area contributed by atoms with E-state index in [1.54, 1.807) is 0 Å². The van der Waals surface area contributed by atoms with Crippen LogP contribution in [0.25, 0.3) is 0 Å². The molecule has 0 aromatic rings. The number of hydrogen-bond donors (Lipinski definition) is 0. The summed E-state index contributed by atoms with van der Waals surface area (Å²) in [5.74, 6) is 0. The number of nitro groups is 1. The fourth-order valence-electron chi connectivity index (χ4n) is 0.0408. The highest BCUT2D eigenvalue weighted by molar-refractivity contribution is 4.79. The van der Waals surface area contributed by atoms with E-state index in [0.717, 1.165) is 6.07 Å². The molecule has 0 saturated carbocycles. The third-order valence-corrected chi connectivity index (χ3v) is 0.141. The van der Waals surface area contributed by atoms with Crippen molar-refractivity contribution in [2.24, 2.45) is 0 Å². The van der Waals surface area contributed by atoms with Gasteiger partial charge in [0.2, 0.25) is 0 Å². The summed E-state index contributed by atoms with van der Waals surface area (Å²) in [4.78, 5) is 8.14. The Morgan fingerprint density at radius 3 is 2.33 bits per heavy atom. The maximum Gasteiger partial charge on any atom is 0.487 e. The standard InChI is InChI=1S/C2N2O2/c3-1-2-4(5)6. The van der Waals surface area contributed by atoms with Crippen molar-refractivity contribution >= 4 is 0 Å². The van der Waals surface area contributed by atoms with Crippen LogP contribution in [0.1, 0.15) is 0 Å². The second-order valence-corrected chi connectivity index (χ2v) is 0.481. The maximum absolute atomic E-state index is 9.07. The van der Waals surface area contributed by atoms with Crippen molar-refractivity contribution in [3.63, 3.8) is 0 Å². The second-order valence-electron chi connectivity index (χ2n) is 0.481. The molecule has 0 bridgehead atoms. The molecule has 0 aliphatic carbocycles. The van der Waals surface area contributed by atoms with Crippen LogP contribution in [0.4, 0.5) is 0 Å². The van der Waals surface area contributed by atoms with Crippen LogP contribution < -0.4 is 0 Å². The summed E-state index contributed by atoms with van der Waals surface area (Å²) in [5.41, 5.74) is 0. The predicted molar refractivity (Wildman–Crippen MR) is 15.9 cm³/mol. The van der Waals surface area contributed by atoms with Crippen molar-refractivity contribution in [2.45, 2.75) is 0 Å². The Bertz CT molecular complexity index is 92.2. The van der Waals surface area contributed by atoms with Crippen molar-refractivity contribution in [1.29, 1.82) is 5.26 Å². The van der Waals surface area contributed by atoms with Crippen LogP contribution in [0.2, 0.25) is 0 Å². The van der Waals surface area contributed by atoms with Gasteiger partial charge < -0.3 is 0 Å². The molecule has 0 aromatic heterocycles. The number of nitrogens with zero attached hydrogens (tertiary/aromatic N) is 2. The Balaban J connectivity index is 3.13. The highest BCUT2D eigenvalue weighted by Gasteiger charge is 1.94. The zero-order chi connectivity index (χ0) is 4.99. The van der Waals surface area contributed by atoms with E-state index in [1.807, 2.05) is 0 Å². The third-order valence-electron chi connectivity index (χ3n) is 0.141. The SMILES string of the molecule is N#C[C][N+](=O)[O-]. The smallest absolute Gasteiger partial charge is 0.262 e. The van der Waals surface area contributed by atoms with Crippen LogP contribution in [0, 0.1) is 28.0 Å². The minimum absolute atomic E-state index is 0.931. The molecule has 0 aliphatic rings. The maximum atomic E-state index is 9.07. The molecule has 0 unspecified atom stereocenters. The fraction of sp³-hybridized carbons (Fsp3) is 0. The van der Waals surface area contributed by atoms with Gasteiger partial charge in [0.15, 0.2) is 6.07 Å².